The Hall–Kier alpha value is -2.41. The van der Waals surface area contributed by atoms with Crippen LogP contribution in [0.3, 0.4) is 0 Å². The number of nitrogens with zero attached hydrogens (tertiary/aromatic N) is 1. The molecule has 1 aliphatic heterocycles. The summed E-state index contributed by atoms with van der Waals surface area (Å²) in [6.07, 6.45) is 0.354. The number of ketones is 1. The lowest BCUT2D eigenvalue weighted by molar-refractivity contribution is -0.144. The smallest absolute Gasteiger partial charge is 0.326 e. The summed E-state index contributed by atoms with van der Waals surface area (Å²) in [5, 5.41) is 0. The second-order valence-electron chi connectivity index (χ2n) is 5.15. The van der Waals surface area contributed by atoms with Crippen LogP contribution in [0.25, 0.3) is 0 Å². The Labute approximate surface area is 140 Å². The minimum Gasteiger partial charge on any atom is -0.482 e. The number of fused-ring (bicyclic) bond motifs is 1. The van der Waals surface area contributed by atoms with Gasteiger partial charge in [-0.2, -0.15) is 0 Å². The summed E-state index contributed by atoms with van der Waals surface area (Å²) in [4.78, 5) is 37.2. The van der Waals surface area contributed by atoms with E-state index in [1.807, 2.05) is 6.92 Å². The quantitative estimate of drug-likeness (QED) is 0.408. The highest BCUT2D eigenvalue weighted by Crippen LogP contribution is 2.33. The maximum atomic E-state index is 12.1. The molecule has 0 aliphatic carbocycles. The highest BCUT2D eigenvalue weighted by atomic mass is 16.6. The fraction of sp³-hybridized carbons (Fsp3) is 0.471. The number of carbonyl (C=O) groups excluding carboxylic acids is 3. The van der Waals surface area contributed by atoms with E-state index in [4.69, 9.17) is 14.2 Å². The van der Waals surface area contributed by atoms with E-state index < -0.39 is 5.97 Å². The van der Waals surface area contributed by atoms with Gasteiger partial charge in [-0.25, -0.2) is 0 Å². The van der Waals surface area contributed by atoms with Crippen molar-refractivity contribution < 1.29 is 28.6 Å². The van der Waals surface area contributed by atoms with Crippen molar-refractivity contribution in [2.24, 2.45) is 0 Å². The normalized spacial score (nSPS) is 13.2. The van der Waals surface area contributed by atoms with E-state index in [1.165, 1.54) is 4.90 Å². The van der Waals surface area contributed by atoms with Crippen LogP contribution in [0.15, 0.2) is 18.2 Å². The Balaban J connectivity index is 2.11. The molecular weight excluding hydrogens is 314 g/mol. The predicted molar refractivity (Wildman–Crippen MR) is 86.4 cm³/mol. The monoisotopic (exact) mass is 335 g/mol. The summed E-state index contributed by atoms with van der Waals surface area (Å²) in [6, 6.07) is 4.86. The van der Waals surface area contributed by atoms with Crippen LogP contribution in [0, 0.1) is 0 Å². The van der Waals surface area contributed by atoms with Gasteiger partial charge < -0.3 is 14.2 Å². The number of rotatable bonds is 8. The number of benzene rings is 1. The third-order valence-electron chi connectivity index (χ3n) is 3.53. The van der Waals surface area contributed by atoms with Gasteiger partial charge in [0.05, 0.1) is 12.3 Å². The van der Waals surface area contributed by atoms with Crippen molar-refractivity contribution in [3.63, 3.8) is 0 Å². The molecule has 0 radical (unpaired) electrons. The topological polar surface area (TPSA) is 82.1 Å². The van der Waals surface area contributed by atoms with E-state index >= 15 is 0 Å². The summed E-state index contributed by atoms with van der Waals surface area (Å²) in [5.41, 5.74) is 0.886. The van der Waals surface area contributed by atoms with Crippen LogP contribution in [-0.4, -0.2) is 50.6 Å². The zero-order valence-corrected chi connectivity index (χ0v) is 13.9. The molecule has 1 aromatic carbocycles. The van der Waals surface area contributed by atoms with Gasteiger partial charge in [0, 0.05) is 18.6 Å². The van der Waals surface area contributed by atoms with Crippen molar-refractivity contribution in [1.82, 2.24) is 0 Å². The summed E-state index contributed by atoms with van der Waals surface area (Å²) in [7, 11) is 0. The molecule has 1 aromatic rings. The summed E-state index contributed by atoms with van der Waals surface area (Å²) in [5.74, 6) is -0.479. The fourth-order valence-corrected chi connectivity index (χ4v) is 2.29. The zero-order chi connectivity index (χ0) is 17.5. The van der Waals surface area contributed by atoms with Crippen LogP contribution in [-0.2, 0) is 19.1 Å². The molecule has 2 rings (SSSR count). The number of anilines is 1. The van der Waals surface area contributed by atoms with Gasteiger partial charge in [-0.3, -0.25) is 19.3 Å². The molecule has 130 valence electrons. The molecule has 1 heterocycles. The molecule has 0 aromatic heterocycles. The average Bonchev–Trinajstić information content (AvgIpc) is 2.60. The first-order chi connectivity index (χ1) is 11.6. The minimum atomic E-state index is -0.539. The number of hydrogen-bond donors (Lipinski definition) is 0. The van der Waals surface area contributed by atoms with Crippen LogP contribution in [0.5, 0.6) is 5.75 Å². The van der Waals surface area contributed by atoms with Gasteiger partial charge >= 0.3 is 5.97 Å². The number of ether oxygens (including phenoxy) is 3. The molecule has 1 aliphatic rings. The Bertz CT molecular complexity index is 628. The Morgan fingerprint density at radius 2 is 2.04 bits per heavy atom. The van der Waals surface area contributed by atoms with E-state index in [9.17, 15) is 14.4 Å². The Morgan fingerprint density at radius 3 is 2.75 bits per heavy atom. The van der Waals surface area contributed by atoms with Gasteiger partial charge in [0.2, 0.25) is 0 Å². The van der Waals surface area contributed by atoms with E-state index in [0.717, 1.165) is 0 Å². The molecule has 0 N–H and O–H groups in total. The number of hydrogen-bond acceptors (Lipinski definition) is 6. The maximum Gasteiger partial charge on any atom is 0.326 e. The zero-order valence-electron chi connectivity index (χ0n) is 13.9. The standard InChI is InChI=1S/C17H21NO6/c1-3-14(19)12-5-6-15-13(9-12)18(16(20)11-24-15)10-17(21)23-8-7-22-4-2/h5-6,9H,3-4,7-8,10-11H2,1-2H3. The SMILES string of the molecule is CCOCCOC(=O)CN1C(=O)COc2ccc(C(=O)CC)cc21. The van der Waals surface area contributed by atoms with E-state index in [-0.39, 0.29) is 31.4 Å². The third-order valence-corrected chi connectivity index (χ3v) is 3.53. The van der Waals surface area contributed by atoms with Crippen molar-refractivity contribution in [1.29, 1.82) is 0 Å². The van der Waals surface area contributed by atoms with Gasteiger partial charge in [-0.15, -0.1) is 0 Å². The lowest BCUT2D eigenvalue weighted by Gasteiger charge is -2.29. The van der Waals surface area contributed by atoms with Crippen LogP contribution >= 0.6 is 0 Å². The Kier molecular flexibility index (Phi) is 6.31. The molecule has 0 saturated heterocycles. The van der Waals surface area contributed by atoms with Crippen LogP contribution in [0.1, 0.15) is 30.6 Å². The third kappa shape index (κ3) is 4.32. The molecular formula is C17H21NO6. The van der Waals surface area contributed by atoms with Crippen molar-refractivity contribution in [2.75, 3.05) is 37.9 Å². The van der Waals surface area contributed by atoms with Gasteiger partial charge in [-0.1, -0.05) is 6.92 Å². The molecule has 7 heteroatoms. The first kappa shape index (κ1) is 17.9. The summed E-state index contributed by atoms with van der Waals surface area (Å²) < 4.78 is 15.5. The Morgan fingerprint density at radius 1 is 1.25 bits per heavy atom. The second kappa shape index (κ2) is 8.44. The molecule has 0 unspecified atom stereocenters. The second-order valence-corrected chi connectivity index (χ2v) is 5.15. The maximum absolute atomic E-state index is 12.1. The highest BCUT2D eigenvalue weighted by Gasteiger charge is 2.28. The highest BCUT2D eigenvalue weighted by molar-refractivity contribution is 6.03. The average molecular weight is 335 g/mol. The van der Waals surface area contributed by atoms with Crippen molar-refractivity contribution >= 4 is 23.3 Å². The molecule has 0 fully saturated rings. The lowest BCUT2D eigenvalue weighted by atomic mass is 10.1. The van der Waals surface area contributed by atoms with Crippen molar-refractivity contribution in [3.05, 3.63) is 23.8 Å². The van der Waals surface area contributed by atoms with Gasteiger partial charge in [0.25, 0.3) is 5.91 Å². The minimum absolute atomic E-state index is 0.0462. The van der Waals surface area contributed by atoms with Crippen LogP contribution < -0.4 is 9.64 Å². The van der Waals surface area contributed by atoms with Crippen LogP contribution in [0.4, 0.5) is 5.69 Å². The van der Waals surface area contributed by atoms with Crippen LogP contribution in [0.2, 0.25) is 0 Å². The summed E-state index contributed by atoms with van der Waals surface area (Å²) in [6.45, 7) is 4.21. The van der Waals surface area contributed by atoms with Gasteiger partial charge in [0.1, 0.15) is 18.9 Å². The number of esters is 1. The fourth-order valence-electron chi connectivity index (χ4n) is 2.29. The largest absolute Gasteiger partial charge is 0.482 e. The lowest BCUT2D eigenvalue weighted by Crippen LogP contribution is -2.42. The molecule has 0 atom stereocenters. The first-order valence-electron chi connectivity index (χ1n) is 7.90. The van der Waals surface area contributed by atoms with E-state index in [2.05, 4.69) is 0 Å². The predicted octanol–water partition coefficient (Wildman–Crippen LogP) is 1.58. The van der Waals surface area contributed by atoms with Crippen molar-refractivity contribution in [3.8, 4) is 5.75 Å². The molecule has 1 amide bonds. The van der Waals surface area contributed by atoms with E-state index in [1.54, 1.807) is 25.1 Å². The molecule has 24 heavy (non-hydrogen) atoms. The van der Waals surface area contributed by atoms with E-state index in [0.29, 0.717) is 36.6 Å². The molecule has 0 spiro atoms. The van der Waals surface area contributed by atoms with Crippen molar-refractivity contribution in [2.45, 2.75) is 20.3 Å². The summed E-state index contributed by atoms with van der Waals surface area (Å²) >= 11 is 0. The molecule has 0 saturated carbocycles. The first-order valence-corrected chi connectivity index (χ1v) is 7.90. The number of Topliss-reactive ketones (excluding diaryl/α,β-unsaturated/α-hetero) is 1. The number of carbonyl (C=O) groups is 3. The van der Waals surface area contributed by atoms with Gasteiger partial charge in [0.15, 0.2) is 12.4 Å². The van der Waals surface area contributed by atoms with Gasteiger partial charge in [-0.05, 0) is 25.1 Å². The molecule has 0 bridgehead atoms. The number of amides is 1. The molecule has 7 nitrogen and oxygen atoms in total.